The van der Waals surface area contributed by atoms with E-state index in [4.69, 9.17) is 0 Å². The minimum absolute atomic E-state index is 0.127. The largest absolute Gasteiger partial charge is 0.396 e. The summed E-state index contributed by atoms with van der Waals surface area (Å²) in [6.07, 6.45) is 9.57. The predicted molar refractivity (Wildman–Crippen MR) is 111 cm³/mol. The third kappa shape index (κ3) is 3.22. The van der Waals surface area contributed by atoms with Crippen molar-refractivity contribution in [3.05, 3.63) is 11.6 Å². The lowest BCUT2D eigenvalue weighted by Gasteiger charge is -2.57. The molecule has 4 aliphatic rings. The molecule has 7 atom stereocenters. The van der Waals surface area contributed by atoms with Crippen molar-refractivity contribution in [3.8, 4) is 0 Å². The molecule has 0 heterocycles. The summed E-state index contributed by atoms with van der Waals surface area (Å²) in [5, 5.41) is 21.3. The summed E-state index contributed by atoms with van der Waals surface area (Å²) in [5.41, 5.74) is 0.452. The SMILES string of the molecule is CC(=O)S[C@@H]1CC2=CC(=O)CC[C@@H]2[C@H]2CC[C@@]3(C)[C@@H](CC[C@@]3(O)CCCO)[C@@H]21. The highest BCUT2D eigenvalue weighted by atomic mass is 32.2. The number of fused-ring (bicyclic) bond motifs is 5. The summed E-state index contributed by atoms with van der Waals surface area (Å²) in [4.78, 5) is 24.1. The van der Waals surface area contributed by atoms with E-state index >= 15 is 0 Å². The number of thioether (sulfide) groups is 1. The number of hydrogen-bond acceptors (Lipinski definition) is 5. The van der Waals surface area contributed by atoms with Crippen molar-refractivity contribution in [2.24, 2.45) is 29.1 Å². The normalized spacial score (nSPS) is 45.1. The van der Waals surface area contributed by atoms with E-state index in [-0.39, 0.29) is 28.2 Å². The Bertz CT molecular complexity index is 688. The summed E-state index contributed by atoms with van der Waals surface area (Å²) in [6, 6.07) is 0. The molecule has 4 nitrogen and oxygen atoms in total. The van der Waals surface area contributed by atoms with Crippen LogP contribution in [0.5, 0.6) is 0 Å². The van der Waals surface area contributed by atoms with Crippen LogP contribution >= 0.6 is 11.8 Å². The Kier molecular flexibility index (Phi) is 5.56. The highest BCUT2D eigenvalue weighted by Crippen LogP contribution is 2.66. The fourth-order valence-electron chi connectivity index (χ4n) is 7.39. The van der Waals surface area contributed by atoms with Gasteiger partial charge in [-0.1, -0.05) is 24.3 Å². The lowest BCUT2D eigenvalue weighted by atomic mass is 9.50. The Balaban J connectivity index is 1.68. The maximum Gasteiger partial charge on any atom is 0.186 e. The number of carbonyl (C=O) groups is 2. The minimum atomic E-state index is -0.699. The maximum absolute atomic E-state index is 12.1. The predicted octanol–water partition coefficient (Wildman–Crippen LogP) is 3.89. The molecule has 3 fully saturated rings. The maximum atomic E-state index is 12.1. The van der Waals surface area contributed by atoms with Crippen LogP contribution in [-0.2, 0) is 9.59 Å². The van der Waals surface area contributed by atoms with Crippen LogP contribution in [-0.4, -0.2) is 38.6 Å². The fraction of sp³-hybridized carbons (Fsp3) is 0.826. The van der Waals surface area contributed by atoms with Gasteiger partial charge in [-0.2, -0.15) is 0 Å². The third-order valence-electron chi connectivity index (χ3n) is 8.68. The second kappa shape index (κ2) is 7.55. The van der Waals surface area contributed by atoms with Gasteiger partial charge in [0.05, 0.1) is 5.60 Å². The molecule has 0 saturated heterocycles. The van der Waals surface area contributed by atoms with E-state index in [2.05, 4.69) is 6.92 Å². The van der Waals surface area contributed by atoms with Crippen LogP contribution in [0.15, 0.2) is 11.6 Å². The third-order valence-corrected chi connectivity index (χ3v) is 9.80. The van der Waals surface area contributed by atoms with Crippen molar-refractivity contribution in [2.45, 2.75) is 82.5 Å². The fourth-order valence-corrected chi connectivity index (χ4v) is 8.64. The van der Waals surface area contributed by atoms with E-state index in [0.29, 0.717) is 42.9 Å². The van der Waals surface area contributed by atoms with Gasteiger partial charge in [0.2, 0.25) is 0 Å². The second-order valence-electron chi connectivity index (χ2n) is 9.88. The number of allylic oxidation sites excluding steroid dienone is 1. The first kappa shape index (κ1) is 20.6. The topological polar surface area (TPSA) is 74.6 Å². The molecule has 0 amide bonds. The van der Waals surface area contributed by atoms with Gasteiger partial charge in [-0.05, 0) is 86.5 Å². The van der Waals surface area contributed by atoms with E-state index in [1.165, 1.54) is 17.3 Å². The molecule has 2 N–H and O–H groups in total. The van der Waals surface area contributed by atoms with Crippen LogP contribution < -0.4 is 0 Å². The van der Waals surface area contributed by atoms with Crippen LogP contribution in [0, 0.1) is 29.1 Å². The average molecular weight is 407 g/mol. The molecule has 4 rings (SSSR count). The zero-order valence-corrected chi connectivity index (χ0v) is 18.0. The monoisotopic (exact) mass is 406 g/mol. The standard InChI is InChI=1S/C23H34O4S/c1-14(25)28-20-13-15-12-16(26)4-5-17(15)18-6-9-22(2)19(21(18)20)7-10-23(22,27)8-3-11-24/h12,17-21,24,27H,3-11,13H2,1-2H3/t17-,18+,19-,20+,21+,22-,23-/m0/s1. The summed E-state index contributed by atoms with van der Waals surface area (Å²) < 4.78 is 0. The summed E-state index contributed by atoms with van der Waals surface area (Å²) in [6.45, 7) is 4.05. The van der Waals surface area contributed by atoms with E-state index in [1.54, 1.807) is 6.92 Å². The van der Waals surface area contributed by atoms with Gasteiger partial charge >= 0.3 is 0 Å². The zero-order valence-electron chi connectivity index (χ0n) is 17.2. The van der Waals surface area contributed by atoms with Crippen molar-refractivity contribution in [1.82, 2.24) is 0 Å². The number of hydrogen-bond donors (Lipinski definition) is 2. The van der Waals surface area contributed by atoms with Crippen molar-refractivity contribution in [3.63, 3.8) is 0 Å². The molecule has 4 aliphatic carbocycles. The van der Waals surface area contributed by atoms with Gasteiger partial charge in [0.15, 0.2) is 10.9 Å². The van der Waals surface area contributed by atoms with Gasteiger partial charge in [0.1, 0.15) is 0 Å². The smallest absolute Gasteiger partial charge is 0.186 e. The number of aliphatic hydroxyl groups excluding tert-OH is 1. The van der Waals surface area contributed by atoms with Crippen LogP contribution in [0.4, 0.5) is 0 Å². The number of ketones is 1. The zero-order chi connectivity index (χ0) is 20.1. The van der Waals surface area contributed by atoms with Crippen LogP contribution in [0.3, 0.4) is 0 Å². The Morgan fingerprint density at radius 3 is 2.79 bits per heavy atom. The molecular formula is C23H34O4S. The molecule has 0 aliphatic heterocycles. The summed E-state index contributed by atoms with van der Waals surface area (Å²) in [5.74, 6) is 2.12. The molecule has 0 spiro atoms. The van der Waals surface area contributed by atoms with Gasteiger partial charge in [0, 0.05) is 25.2 Å². The number of carbonyl (C=O) groups excluding carboxylic acids is 2. The van der Waals surface area contributed by atoms with Gasteiger partial charge in [-0.25, -0.2) is 0 Å². The van der Waals surface area contributed by atoms with E-state index < -0.39 is 5.60 Å². The Hall–Kier alpha value is -0.650. The Morgan fingerprint density at radius 1 is 1.29 bits per heavy atom. The minimum Gasteiger partial charge on any atom is -0.396 e. The van der Waals surface area contributed by atoms with Crippen molar-refractivity contribution in [1.29, 1.82) is 0 Å². The lowest BCUT2D eigenvalue weighted by molar-refractivity contribution is -0.124. The molecule has 0 bridgehead atoms. The van der Waals surface area contributed by atoms with Gasteiger partial charge in [0.25, 0.3) is 0 Å². The molecule has 0 aromatic rings. The highest BCUT2D eigenvalue weighted by Gasteiger charge is 2.63. The van der Waals surface area contributed by atoms with Crippen LogP contribution in [0.1, 0.15) is 71.6 Å². The first-order valence-electron chi connectivity index (χ1n) is 11.0. The molecular weight excluding hydrogens is 372 g/mol. The number of aliphatic hydroxyl groups is 2. The number of rotatable bonds is 4. The quantitative estimate of drug-likeness (QED) is 0.741. The second-order valence-corrected chi connectivity index (χ2v) is 11.3. The molecule has 0 unspecified atom stereocenters. The molecule has 5 heteroatoms. The lowest BCUT2D eigenvalue weighted by Crippen LogP contribution is -2.55. The van der Waals surface area contributed by atoms with Crippen LogP contribution in [0.25, 0.3) is 0 Å². The van der Waals surface area contributed by atoms with Crippen LogP contribution in [0.2, 0.25) is 0 Å². The molecule has 0 radical (unpaired) electrons. The van der Waals surface area contributed by atoms with Crippen molar-refractivity contribution >= 4 is 22.7 Å². The molecule has 0 aromatic carbocycles. The Morgan fingerprint density at radius 2 is 2.07 bits per heavy atom. The highest BCUT2D eigenvalue weighted by molar-refractivity contribution is 8.14. The summed E-state index contributed by atoms with van der Waals surface area (Å²) in [7, 11) is 0. The van der Waals surface area contributed by atoms with Gasteiger partial charge < -0.3 is 10.2 Å². The van der Waals surface area contributed by atoms with Gasteiger partial charge in [-0.3, -0.25) is 9.59 Å². The van der Waals surface area contributed by atoms with Crippen molar-refractivity contribution < 1.29 is 19.8 Å². The van der Waals surface area contributed by atoms with E-state index in [1.807, 2.05) is 6.08 Å². The van der Waals surface area contributed by atoms with Gasteiger partial charge in [-0.15, -0.1) is 0 Å². The van der Waals surface area contributed by atoms with E-state index in [9.17, 15) is 19.8 Å². The van der Waals surface area contributed by atoms with E-state index in [0.717, 1.165) is 38.5 Å². The van der Waals surface area contributed by atoms with Crippen molar-refractivity contribution in [2.75, 3.05) is 6.61 Å². The Labute approximate surface area is 172 Å². The molecule has 3 saturated carbocycles. The molecule has 28 heavy (non-hydrogen) atoms. The first-order valence-corrected chi connectivity index (χ1v) is 11.9. The summed E-state index contributed by atoms with van der Waals surface area (Å²) >= 11 is 1.47. The first-order chi connectivity index (χ1) is 13.3. The molecule has 156 valence electrons. The average Bonchev–Trinajstić information content (AvgIpc) is 2.90. The molecule has 0 aromatic heterocycles.